The zero-order chi connectivity index (χ0) is 12.6. The molecule has 0 radical (unpaired) electrons. The molecule has 0 aromatic rings. The molecule has 91 valence electrons. The molecule has 0 N–H and O–H groups in total. The average Bonchev–Trinajstić information content (AvgIpc) is 2.80. The van der Waals surface area contributed by atoms with Gasteiger partial charge in [-0.3, -0.25) is 0 Å². The Morgan fingerprint density at radius 1 is 0.941 bits per heavy atom. The summed E-state index contributed by atoms with van der Waals surface area (Å²) in [6.07, 6.45) is 7.11. The van der Waals surface area contributed by atoms with Crippen molar-refractivity contribution in [2.24, 2.45) is 0 Å². The second-order valence-electron chi connectivity index (χ2n) is 5.00. The number of rotatable bonds is 3. The number of alkyl halides is 1. The van der Waals surface area contributed by atoms with E-state index in [0.717, 1.165) is 3.59 Å². The van der Waals surface area contributed by atoms with Crippen molar-refractivity contribution in [2.45, 2.75) is 40.5 Å². The summed E-state index contributed by atoms with van der Waals surface area (Å²) in [4.78, 5) is 0. The van der Waals surface area contributed by atoms with E-state index in [1.165, 1.54) is 24.0 Å². The summed E-state index contributed by atoms with van der Waals surface area (Å²) >= 11 is 4.60. The topological polar surface area (TPSA) is 0 Å². The van der Waals surface area contributed by atoms with Crippen LogP contribution >= 0.6 is 11.6 Å². The van der Waals surface area contributed by atoms with Crippen molar-refractivity contribution < 1.29 is 21.8 Å². The first-order valence-electron chi connectivity index (χ1n) is 6.22. The fourth-order valence-corrected chi connectivity index (χ4v) is 11.1. The fourth-order valence-electron chi connectivity index (χ4n) is 2.64. The fraction of sp³-hybridized carbons (Fsp3) is 0.467. The molecule has 2 rings (SSSR count). The van der Waals surface area contributed by atoms with Gasteiger partial charge in [0.05, 0.1) is 0 Å². The molecule has 0 spiro atoms. The molecule has 0 saturated heterocycles. The van der Waals surface area contributed by atoms with Gasteiger partial charge in [0.25, 0.3) is 0 Å². The van der Waals surface area contributed by atoms with Gasteiger partial charge in [0.1, 0.15) is 0 Å². The van der Waals surface area contributed by atoms with Crippen LogP contribution in [0.15, 0.2) is 41.0 Å². The molecule has 0 aromatic carbocycles. The molecule has 0 aliphatic heterocycles. The molecule has 0 heterocycles. The van der Waals surface area contributed by atoms with E-state index in [0.29, 0.717) is 0 Å². The van der Waals surface area contributed by atoms with Gasteiger partial charge in [-0.2, -0.15) is 0 Å². The second-order valence-corrected chi connectivity index (χ2v) is 12.6. The minimum atomic E-state index is -1.73. The van der Waals surface area contributed by atoms with Crippen LogP contribution in [0.1, 0.15) is 40.5 Å². The number of hydrogen-bond acceptors (Lipinski definition) is 0. The molecular weight excluding hydrogens is 307 g/mol. The van der Waals surface area contributed by atoms with E-state index < -0.39 is 21.8 Å². The van der Waals surface area contributed by atoms with Gasteiger partial charge in [0.15, 0.2) is 0 Å². The Balaban J connectivity index is 2.32. The maximum absolute atomic E-state index is 6.33. The van der Waals surface area contributed by atoms with Crippen molar-refractivity contribution in [3.05, 3.63) is 41.0 Å². The van der Waals surface area contributed by atoms with Gasteiger partial charge in [-0.25, -0.2) is 0 Å². The third-order valence-corrected chi connectivity index (χ3v) is 12.8. The first kappa shape index (κ1) is 13.6. The second kappa shape index (κ2) is 5.41. The number of halogens is 1. The zero-order valence-corrected chi connectivity index (χ0v) is 14.4. The summed E-state index contributed by atoms with van der Waals surface area (Å²) < 4.78 is 4.37. The van der Waals surface area contributed by atoms with E-state index >= 15 is 0 Å². The summed E-state index contributed by atoms with van der Waals surface area (Å²) in [5.74, 6) is 0. The van der Waals surface area contributed by atoms with Crippen LogP contribution in [0.25, 0.3) is 0 Å². The van der Waals surface area contributed by atoms with E-state index in [1.54, 1.807) is 17.7 Å². The van der Waals surface area contributed by atoms with E-state index in [-0.39, 0.29) is 0 Å². The van der Waals surface area contributed by atoms with Gasteiger partial charge in [0.2, 0.25) is 0 Å². The predicted molar refractivity (Wildman–Crippen MR) is 72.9 cm³/mol. The maximum atomic E-state index is 6.33. The molecule has 0 bridgehead atoms. The predicted octanol–water partition coefficient (Wildman–Crippen LogP) is 5.05. The zero-order valence-electron chi connectivity index (χ0n) is 11.2. The summed E-state index contributed by atoms with van der Waals surface area (Å²) in [6.45, 7) is 9.03. The average molecular weight is 327 g/mol. The van der Waals surface area contributed by atoms with Gasteiger partial charge in [-0.05, 0) is 0 Å². The quantitative estimate of drug-likeness (QED) is 0.637. The molecule has 2 aliphatic rings. The van der Waals surface area contributed by atoms with Crippen molar-refractivity contribution in [3.8, 4) is 0 Å². The van der Waals surface area contributed by atoms with Crippen molar-refractivity contribution in [2.75, 3.05) is 3.59 Å². The van der Waals surface area contributed by atoms with Crippen molar-refractivity contribution in [1.82, 2.24) is 0 Å². The summed E-state index contributed by atoms with van der Waals surface area (Å²) in [5.41, 5.74) is 6.04. The van der Waals surface area contributed by atoms with E-state index in [4.69, 9.17) is 11.6 Å². The third-order valence-electron chi connectivity index (χ3n) is 4.18. The van der Waals surface area contributed by atoms with Gasteiger partial charge in [-0.1, -0.05) is 0 Å². The summed E-state index contributed by atoms with van der Waals surface area (Å²) in [5, 5.41) is 0. The van der Waals surface area contributed by atoms with Gasteiger partial charge in [0, 0.05) is 0 Å². The van der Waals surface area contributed by atoms with Crippen LogP contribution in [0.4, 0.5) is 0 Å². The Morgan fingerprint density at radius 2 is 1.35 bits per heavy atom. The third kappa shape index (κ3) is 2.47. The molecule has 0 amide bonds. The molecule has 0 unspecified atom stereocenters. The first-order chi connectivity index (χ1) is 8.06. The van der Waals surface area contributed by atoms with Crippen LogP contribution in [-0.2, 0) is 21.8 Å². The standard InChI is InChI=1S/2C7H9.CH2Cl.Zr/c2*1-6-4-3-5-7(6)2;1-2;/h2*4H,3H2,1-2H3;1H2;. The SMILES string of the molecule is CC1=CC[C]([Zr]([CH2]Cl)[C]2=C(C)C(C)=CC2)=C1C. The van der Waals surface area contributed by atoms with Crippen molar-refractivity contribution in [1.29, 1.82) is 0 Å². The van der Waals surface area contributed by atoms with Crippen LogP contribution in [0.5, 0.6) is 0 Å². The van der Waals surface area contributed by atoms with E-state index in [1.807, 2.05) is 0 Å². The van der Waals surface area contributed by atoms with Crippen LogP contribution < -0.4 is 0 Å². The molecule has 0 aromatic heterocycles. The summed E-state index contributed by atoms with van der Waals surface area (Å²) in [6, 6.07) is 0. The molecule has 2 aliphatic carbocycles. The van der Waals surface area contributed by atoms with Crippen molar-refractivity contribution >= 4 is 11.6 Å². The van der Waals surface area contributed by atoms with Crippen molar-refractivity contribution in [3.63, 3.8) is 0 Å². The Hall–Kier alpha value is 0.133. The number of hydrogen-bond donors (Lipinski definition) is 0. The molecular formula is C15H20ClZr. The van der Waals surface area contributed by atoms with Crippen LogP contribution in [0.3, 0.4) is 0 Å². The first-order valence-corrected chi connectivity index (χ1v) is 11.0. The molecule has 17 heavy (non-hydrogen) atoms. The molecule has 0 nitrogen and oxygen atoms in total. The Morgan fingerprint density at radius 3 is 1.59 bits per heavy atom. The van der Waals surface area contributed by atoms with Crippen LogP contribution in [-0.4, -0.2) is 3.59 Å². The molecule has 0 saturated carbocycles. The van der Waals surface area contributed by atoms with Gasteiger partial charge < -0.3 is 0 Å². The number of allylic oxidation sites excluding steroid dienone is 8. The Bertz CT molecular complexity index is 421. The van der Waals surface area contributed by atoms with Crippen LogP contribution in [0.2, 0.25) is 0 Å². The minimum absolute atomic E-state index is 0.907. The normalized spacial score (nSPS) is 20.1. The van der Waals surface area contributed by atoms with E-state index in [2.05, 4.69) is 39.8 Å². The summed E-state index contributed by atoms with van der Waals surface area (Å²) in [7, 11) is 0. The molecule has 0 fully saturated rings. The van der Waals surface area contributed by atoms with Gasteiger partial charge in [-0.15, -0.1) is 0 Å². The van der Waals surface area contributed by atoms with Gasteiger partial charge >= 0.3 is 118 Å². The van der Waals surface area contributed by atoms with Crippen LogP contribution in [0, 0.1) is 0 Å². The Kier molecular flexibility index (Phi) is 4.32. The molecule has 2 heteroatoms. The Labute approximate surface area is 118 Å². The molecule has 0 atom stereocenters. The monoisotopic (exact) mass is 325 g/mol. The van der Waals surface area contributed by atoms with E-state index in [9.17, 15) is 0 Å².